The standard InChI is InChI=1S/C17H22Cl2N2/c1-12(18)16-20-15-13(19)7-6-8-14(15)21(16)11-17(2)9-4-3-5-10-17/h6-8,12H,3-5,9-11H2,1-2H3. The number of alkyl halides is 1. The Morgan fingerprint density at radius 2 is 2.00 bits per heavy atom. The lowest BCUT2D eigenvalue weighted by molar-refractivity contribution is 0.183. The molecule has 0 amide bonds. The Bertz CT molecular complexity index is 640. The van der Waals surface area contributed by atoms with Crippen molar-refractivity contribution in [3.8, 4) is 0 Å². The molecule has 2 nitrogen and oxygen atoms in total. The second-order valence-corrected chi connectivity index (χ2v) is 7.71. The Kier molecular flexibility index (Phi) is 4.20. The summed E-state index contributed by atoms with van der Waals surface area (Å²) in [7, 11) is 0. The van der Waals surface area contributed by atoms with E-state index < -0.39 is 0 Å². The number of para-hydroxylation sites is 1. The van der Waals surface area contributed by atoms with Crippen molar-refractivity contribution in [2.24, 2.45) is 5.41 Å². The van der Waals surface area contributed by atoms with E-state index in [-0.39, 0.29) is 5.38 Å². The molecule has 1 saturated carbocycles. The number of benzene rings is 1. The number of rotatable bonds is 3. The maximum Gasteiger partial charge on any atom is 0.127 e. The van der Waals surface area contributed by atoms with Gasteiger partial charge in [-0.25, -0.2) is 4.98 Å². The number of hydrogen-bond donors (Lipinski definition) is 0. The minimum atomic E-state index is -0.111. The zero-order valence-corrected chi connectivity index (χ0v) is 14.2. The molecule has 3 rings (SSSR count). The minimum Gasteiger partial charge on any atom is -0.326 e. The minimum absolute atomic E-state index is 0.111. The maximum absolute atomic E-state index is 6.37. The zero-order chi connectivity index (χ0) is 15.0. The van der Waals surface area contributed by atoms with Gasteiger partial charge in [0, 0.05) is 6.54 Å². The normalized spacial score (nSPS) is 19.8. The Morgan fingerprint density at radius 1 is 1.29 bits per heavy atom. The third kappa shape index (κ3) is 2.93. The molecule has 0 saturated heterocycles. The highest BCUT2D eigenvalue weighted by atomic mass is 35.5. The monoisotopic (exact) mass is 324 g/mol. The molecule has 0 spiro atoms. The molecule has 2 aromatic rings. The summed E-state index contributed by atoms with van der Waals surface area (Å²) in [5, 5.41) is 0.597. The van der Waals surface area contributed by atoms with Gasteiger partial charge in [0.05, 0.1) is 15.9 Å². The van der Waals surface area contributed by atoms with Crippen LogP contribution >= 0.6 is 23.2 Å². The van der Waals surface area contributed by atoms with Crippen molar-refractivity contribution in [3.63, 3.8) is 0 Å². The summed E-state index contributed by atoms with van der Waals surface area (Å²) in [6.07, 6.45) is 6.59. The van der Waals surface area contributed by atoms with Gasteiger partial charge in [-0.15, -0.1) is 11.6 Å². The third-order valence-corrected chi connectivity index (χ3v) is 5.22. The summed E-state index contributed by atoms with van der Waals surface area (Å²) in [5.41, 5.74) is 2.33. The second-order valence-electron chi connectivity index (χ2n) is 6.65. The van der Waals surface area contributed by atoms with Gasteiger partial charge in [-0.05, 0) is 37.3 Å². The fourth-order valence-electron chi connectivity index (χ4n) is 3.55. The summed E-state index contributed by atoms with van der Waals surface area (Å²) in [6.45, 7) is 5.36. The van der Waals surface area contributed by atoms with Crippen LogP contribution in [0.1, 0.15) is 57.2 Å². The zero-order valence-electron chi connectivity index (χ0n) is 12.7. The summed E-state index contributed by atoms with van der Waals surface area (Å²) in [4.78, 5) is 4.71. The molecule has 1 heterocycles. The Morgan fingerprint density at radius 3 is 2.67 bits per heavy atom. The van der Waals surface area contributed by atoms with E-state index in [2.05, 4.69) is 17.6 Å². The van der Waals surface area contributed by atoms with E-state index in [1.54, 1.807) is 0 Å². The molecule has 1 aromatic carbocycles. The van der Waals surface area contributed by atoms with E-state index in [1.807, 2.05) is 19.1 Å². The van der Waals surface area contributed by atoms with Gasteiger partial charge in [0.1, 0.15) is 11.3 Å². The van der Waals surface area contributed by atoms with Gasteiger partial charge in [-0.3, -0.25) is 0 Å². The topological polar surface area (TPSA) is 17.8 Å². The highest BCUT2D eigenvalue weighted by Gasteiger charge is 2.29. The van der Waals surface area contributed by atoms with Crippen molar-refractivity contribution in [3.05, 3.63) is 29.0 Å². The number of aromatic nitrogens is 2. The summed E-state index contributed by atoms with van der Waals surface area (Å²) in [5.74, 6) is 0.937. The summed E-state index contributed by atoms with van der Waals surface area (Å²) in [6, 6.07) is 5.99. The van der Waals surface area contributed by atoms with Crippen molar-refractivity contribution in [2.75, 3.05) is 0 Å². The van der Waals surface area contributed by atoms with Crippen molar-refractivity contribution < 1.29 is 0 Å². The predicted molar refractivity (Wildman–Crippen MR) is 90.2 cm³/mol. The lowest BCUT2D eigenvalue weighted by Gasteiger charge is -2.34. The van der Waals surface area contributed by atoms with Crippen molar-refractivity contribution in [1.29, 1.82) is 0 Å². The van der Waals surface area contributed by atoms with Gasteiger partial charge in [0.2, 0.25) is 0 Å². The number of fused-ring (bicyclic) bond motifs is 1. The van der Waals surface area contributed by atoms with Crippen molar-refractivity contribution in [2.45, 2.75) is 57.9 Å². The van der Waals surface area contributed by atoms with Crippen LogP contribution in [0.4, 0.5) is 0 Å². The van der Waals surface area contributed by atoms with E-state index in [4.69, 9.17) is 28.2 Å². The fraction of sp³-hybridized carbons (Fsp3) is 0.588. The Balaban J connectivity index is 2.07. The van der Waals surface area contributed by atoms with E-state index in [0.717, 1.165) is 23.4 Å². The van der Waals surface area contributed by atoms with Crippen LogP contribution in [-0.2, 0) is 6.54 Å². The fourth-order valence-corrected chi connectivity index (χ4v) is 3.92. The molecule has 114 valence electrons. The quantitative estimate of drug-likeness (QED) is 0.637. The molecule has 1 aliphatic rings. The van der Waals surface area contributed by atoms with E-state index in [0.29, 0.717) is 10.4 Å². The average molecular weight is 325 g/mol. The number of nitrogens with zero attached hydrogens (tertiary/aromatic N) is 2. The first-order valence-corrected chi connectivity index (χ1v) is 8.60. The SMILES string of the molecule is CC(Cl)c1nc2c(Cl)cccc2n1CC1(C)CCCCC1. The molecular weight excluding hydrogens is 303 g/mol. The molecule has 21 heavy (non-hydrogen) atoms. The van der Waals surface area contributed by atoms with Gasteiger partial charge >= 0.3 is 0 Å². The number of halogens is 2. The Hall–Kier alpha value is -0.730. The van der Waals surface area contributed by atoms with Gasteiger partial charge in [-0.1, -0.05) is 43.9 Å². The predicted octanol–water partition coefficient (Wildman–Crippen LogP) is 5.96. The molecule has 1 aromatic heterocycles. The van der Waals surface area contributed by atoms with Crippen molar-refractivity contribution >= 4 is 34.2 Å². The maximum atomic E-state index is 6.37. The van der Waals surface area contributed by atoms with E-state index >= 15 is 0 Å². The molecule has 1 fully saturated rings. The first-order valence-electron chi connectivity index (χ1n) is 7.79. The Labute approximate surface area is 136 Å². The van der Waals surface area contributed by atoms with Crippen LogP contribution in [0, 0.1) is 5.41 Å². The summed E-state index contributed by atoms with van der Waals surface area (Å²) < 4.78 is 2.30. The molecule has 0 radical (unpaired) electrons. The largest absolute Gasteiger partial charge is 0.326 e. The summed E-state index contributed by atoms with van der Waals surface area (Å²) >= 11 is 12.7. The lowest BCUT2D eigenvalue weighted by Crippen LogP contribution is -2.27. The van der Waals surface area contributed by atoms with Crippen molar-refractivity contribution in [1.82, 2.24) is 9.55 Å². The first kappa shape index (κ1) is 15.2. The van der Waals surface area contributed by atoms with Crippen LogP contribution < -0.4 is 0 Å². The van der Waals surface area contributed by atoms with Gasteiger partial charge in [0.25, 0.3) is 0 Å². The first-order chi connectivity index (χ1) is 10.0. The average Bonchev–Trinajstić information content (AvgIpc) is 2.80. The highest BCUT2D eigenvalue weighted by Crippen LogP contribution is 2.39. The molecule has 1 unspecified atom stereocenters. The van der Waals surface area contributed by atoms with Crippen LogP contribution in [0.25, 0.3) is 11.0 Å². The van der Waals surface area contributed by atoms with Gasteiger partial charge < -0.3 is 4.57 Å². The number of hydrogen-bond acceptors (Lipinski definition) is 1. The number of imidazole rings is 1. The second kappa shape index (κ2) is 5.81. The highest BCUT2D eigenvalue weighted by molar-refractivity contribution is 6.35. The molecular formula is C17H22Cl2N2. The van der Waals surface area contributed by atoms with Crippen LogP contribution in [0.15, 0.2) is 18.2 Å². The smallest absolute Gasteiger partial charge is 0.127 e. The molecule has 0 N–H and O–H groups in total. The molecule has 1 aliphatic carbocycles. The molecule has 0 aliphatic heterocycles. The lowest BCUT2D eigenvalue weighted by atomic mass is 9.75. The van der Waals surface area contributed by atoms with Crippen LogP contribution in [0.2, 0.25) is 5.02 Å². The van der Waals surface area contributed by atoms with Gasteiger partial charge in [-0.2, -0.15) is 0 Å². The van der Waals surface area contributed by atoms with Crippen LogP contribution in [-0.4, -0.2) is 9.55 Å². The van der Waals surface area contributed by atoms with Gasteiger partial charge in [0.15, 0.2) is 0 Å². The molecule has 0 bridgehead atoms. The van der Waals surface area contributed by atoms with Crippen LogP contribution in [0.5, 0.6) is 0 Å². The molecule has 4 heteroatoms. The molecule has 1 atom stereocenters. The van der Waals surface area contributed by atoms with E-state index in [1.165, 1.54) is 32.1 Å². The van der Waals surface area contributed by atoms with Crippen LogP contribution in [0.3, 0.4) is 0 Å². The third-order valence-electron chi connectivity index (χ3n) is 4.72. The van der Waals surface area contributed by atoms with E-state index in [9.17, 15) is 0 Å².